The number of hydrogen-bond donors (Lipinski definition) is 1. The molecule has 2 aromatic heterocycles. The van der Waals surface area contributed by atoms with Crippen LogP contribution in [0.15, 0.2) is 27.3 Å². The zero-order valence-corrected chi connectivity index (χ0v) is 22.8. The van der Waals surface area contributed by atoms with E-state index in [1.807, 2.05) is 20.8 Å². The number of carbonyl (C=O) groups is 1. The van der Waals surface area contributed by atoms with Crippen molar-refractivity contribution in [1.82, 2.24) is 24.4 Å². The molecule has 12 heteroatoms. The van der Waals surface area contributed by atoms with Crippen LogP contribution in [0.25, 0.3) is 5.65 Å². The fraction of sp³-hybridized carbons (Fsp3) is 0.654. The van der Waals surface area contributed by atoms with Crippen LogP contribution in [0.4, 0.5) is 4.79 Å². The van der Waals surface area contributed by atoms with Gasteiger partial charge in [-0.3, -0.25) is 9.69 Å². The number of ether oxygens (including phenoxy) is 3. The zero-order valence-electron chi connectivity index (χ0n) is 22.8. The van der Waals surface area contributed by atoms with Crippen LogP contribution in [0.2, 0.25) is 0 Å². The predicted octanol–water partition coefficient (Wildman–Crippen LogP) is 2.48. The van der Waals surface area contributed by atoms with Gasteiger partial charge in [0.1, 0.15) is 16.8 Å². The lowest BCUT2D eigenvalue weighted by Gasteiger charge is -2.33. The smallest absolute Gasteiger partial charge is 0.410 e. The number of fused-ring (bicyclic) bond motifs is 1. The monoisotopic (exact) mass is 529 g/mol. The van der Waals surface area contributed by atoms with Gasteiger partial charge < -0.3 is 24.1 Å². The summed E-state index contributed by atoms with van der Waals surface area (Å²) in [5.74, 6) is 0.560. The van der Waals surface area contributed by atoms with E-state index in [1.165, 1.54) is 0 Å². The molecule has 0 saturated carbocycles. The number of carbonyl (C=O) groups excluding carboxylic acids is 1. The minimum Gasteiger partial charge on any atom is -0.476 e. The number of likely N-dealkylation sites (tertiary alicyclic amines) is 1. The number of aromatic amines is 1. The molecule has 4 heterocycles. The number of hydrogen-bond acceptors (Lipinski definition) is 9. The molecular formula is C26H39N7O5. The van der Waals surface area contributed by atoms with Gasteiger partial charge in [-0.05, 0) is 33.6 Å². The van der Waals surface area contributed by atoms with Gasteiger partial charge in [0.2, 0.25) is 5.90 Å². The highest BCUT2D eigenvalue weighted by atomic mass is 16.6. The van der Waals surface area contributed by atoms with Crippen LogP contribution in [0.5, 0.6) is 0 Å². The first-order valence-electron chi connectivity index (χ1n) is 13.2. The molecule has 1 N–H and O–H groups in total. The number of H-pyrrole nitrogens is 1. The Bertz CT molecular complexity index is 1200. The molecule has 2 aliphatic heterocycles. The maximum Gasteiger partial charge on any atom is 0.410 e. The molecular weight excluding hydrogens is 490 g/mol. The van der Waals surface area contributed by atoms with Crippen LogP contribution in [0.1, 0.15) is 57.7 Å². The van der Waals surface area contributed by atoms with Crippen molar-refractivity contribution in [2.45, 2.75) is 52.1 Å². The summed E-state index contributed by atoms with van der Waals surface area (Å²) in [7, 11) is 0. The summed E-state index contributed by atoms with van der Waals surface area (Å²) in [6, 6.07) is 1.57. The molecule has 2 aliphatic rings. The van der Waals surface area contributed by atoms with Gasteiger partial charge in [-0.2, -0.15) is 10.2 Å². The molecule has 0 aliphatic carbocycles. The summed E-state index contributed by atoms with van der Waals surface area (Å²) < 4.78 is 18.7. The Morgan fingerprint density at radius 1 is 1.26 bits per heavy atom. The standard InChI is InChI=1S/C26H39N7O5/c1-18(16-31-10-12-36-13-11-31)17-37-24(30-27-5)20-15-28-33-21(14-22(34)29-23(20)33)19-6-8-32(9-7-19)25(35)38-26(2,3)4/h14-15,18-19H,5-13,16-17H2,1-4H3,(H,29,34)/b30-24-. The normalized spacial score (nSPS) is 18.9. The number of nitrogens with one attached hydrogen (secondary N) is 1. The Labute approximate surface area is 222 Å². The minimum absolute atomic E-state index is 0.0543. The summed E-state index contributed by atoms with van der Waals surface area (Å²) in [5.41, 5.74) is 1.03. The van der Waals surface area contributed by atoms with Crippen molar-refractivity contribution in [1.29, 1.82) is 0 Å². The van der Waals surface area contributed by atoms with E-state index in [0.29, 0.717) is 43.7 Å². The molecule has 12 nitrogen and oxygen atoms in total. The van der Waals surface area contributed by atoms with Crippen LogP contribution < -0.4 is 5.56 Å². The van der Waals surface area contributed by atoms with Gasteiger partial charge in [-0.1, -0.05) is 6.92 Å². The number of rotatable bonds is 7. The number of amides is 1. The van der Waals surface area contributed by atoms with Gasteiger partial charge in [0.05, 0.1) is 31.7 Å². The van der Waals surface area contributed by atoms with E-state index >= 15 is 0 Å². The largest absolute Gasteiger partial charge is 0.476 e. The topological polar surface area (TPSA) is 126 Å². The SMILES string of the molecule is C=N/N=C(\OCC(C)CN1CCOCC1)c1cnn2c(C3CCN(C(=O)OC(C)(C)C)CC3)cc(=O)[nH]c12. The molecule has 1 amide bonds. The molecule has 4 rings (SSSR count). The van der Waals surface area contributed by atoms with Crippen LogP contribution in [0, 0.1) is 5.92 Å². The van der Waals surface area contributed by atoms with Crippen molar-refractivity contribution in [3.05, 3.63) is 33.9 Å². The Balaban J connectivity index is 1.47. The van der Waals surface area contributed by atoms with Crippen molar-refractivity contribution in [2.75, 3.05) is 52.5 Å². The highest BCUT2D eigenvalue weighted by molar-refractivity contribution is 5.99. The molecule has 2 fully saturated rings. The Kier molecular flexibility index (Phi) is 8.83. The van der Waals surface area contributed by atoms with Gasteiger partial charge in [-0.15, -0.1) is 5.10 Å². The molecule has 0 radical (unpaired) electrons. The van der Waals surface area contributed by atoms with Crippen LogP contribution in [-0.2, 0) is 14.2 Å². The minimum atomic E-state index is -0.541. The van der Waals surface area contributed by atoms with Gasteiger partial charge in [0.25, 0.3) is 5.56 Å². The van der Waals surface area contributed by atoms with Crippen molar-refractivity contribution in [3.8, 4) is 0 Å². The Morgan fingerprint density at radius 2 is 1.97 bits per heavy atom. The van der Waals surface area contributed by atoms with E-state index in [0.717, 1.165) is 38.5 Å². The van der Waals surface area contributed by atoms with E-state index in [1.54, 1.807) is 21.7 Å². The number of morpholine rings is 1. The maximum atomic E-state index is 12.7. The first kappa shape index (κ1) is 27.8. The average molecular weight is 530 g/mol. The van der Waals surface area contributed by atoms with E-state index in [2.05, 4.69) is 38.8 Å². The summed E-state index contributed by atoms with van der Waals surface area (Å²) in [6.45, 7) is 16.9. The summed E-state index contributed by atoms with van der Waals surface area (Å²) in [6.07, 6.45) is 2.70. The highest BCUT2D eigenvalue weighted by Gasteiger charge is 2.29. The quantitative estimate of drug-likeness (QED) is 0.332. The maximum absolute atomic E-state index is 12.7. The van der Waals surface area contributed by atoms with Gasteiger partial charge in [-0.25, -0.2) is 9.31 Å². The molecule has 0 aromatic carbocycles. The molecule has 2 saturated heterocycles. The third kappa shape index (κ3) is 6.98. The van der Waals surface area contributed by atoms with Gasteiger partial charge in [0.15, 0.2) is 0 Å². The summed E-state index contributed by atoms with van der Waals surface area (Å²) >= 11 is 0. The zero-order chi connectivity index (χ0) is 27.3. The lowest BCUT2D eigenvalue weighted by Crippen LogP contribution is -2.41. The van der Waals surface area contributed by atoms with Crippen LogP contribution in [0.3, 0.4) is 0 Å². The van der Waals surface area contributed by atoms with E-state index < -0.39 is 5.60 Å². The molecule has 208 valence electrons. The lowest BCUT2D eigenvalue weighted by molar-refractivity contribution is 0.0203. The molecule has 38 heavy (non-hydrogen) atoms. The van der Waals surface area contributed by atoms with Gasteiger partial charge in [0, 0.05) is 57.3 Å². The van der Waals surface area contributed by atoms with Crippen molar-refractivity contribution < 1.29 is 19.0 Å². The van der Waals surface area contributed by atoms with Crippen molar-refractivity contribution in [3.63, 3.8) is 0 Å². The predicted molar refractivity (Wildman–Crippen MR) is 144 cm³/mol. The second-order valence-electron chi connectivity index (χ2n) is 11.0. The van der Waals surface area contributed by atoms with E-state index in [4.69, 9.17) is 14.2 Å². The molecule has 1 unspecified atom stereocenters. The Hall–Kier alpha value is -3.25. The average Bonchev–Trinajstić information content (AvgIpc) is 3.29. The summed E-state index contributed by atoms with van der Waals surface area (Å²) in [4.78, 5) is 32.1. The third-order valence-corrected chi connectivity index (χ3v) is 6.67. The second-order valence-corrected chi connectivity index (χ2v) is 11.0. The fourth-order valence-electron chi connectivity index (χ4n) is 4.87. The molecule has 0 spiro atoms. The fourth-order valence-corrected chi connectivity index (χ4v) is 4.87. The van der Waals surface area contributed by atoms with E-state index in [-0.39, 0.29) is 29.4 Å². The highest BCUT2D eigenvalue weighted by Crippen LogP contribution is 2.29. The Morgan fingerprint density at radius 3 is 2.63 bits per heavy atom. The second kappa shape index (κ2) is 12.1. The number of aromatic nitrogens is 3. The van der Waals surface area contributed by atoms with E-state index in [9.17, 15) is 9.59 Å². The molecule has 1 atom stereocenters. The molecule has 2 aromatic rings. The van der Waals surface area contributed by atoms with Gasteiger partial charge >= 0.3 is 6.09 Å². The first-order valence-corrected chi connectivity index (χ1v) is 13.2. The number of piperidine rings is 1. The summed E-state index contributed by atoms with van der Waals surface area (Å²) in [5, 5.41) is 12.3. The first-order chi connectivity index (χ1) is 18.1. The number of nitrogens with zero attached hydrogens (tertiary/aromatic N) is 6. The van der Waals surface area contributed by atoms with Crippen LogP contribution >= 0.6 is 0 Å². The van der Waals surface area contributed by atoms with Crippen molar-refractivity contribution >= 4 is 24.4 Å². The third-order valence-electron chi connectivity index (χ3n) is 6.67. The van der Waals surface area contributed by atoms with Crippen molar-refractivity contribution in [2.24, 2.45) is 16.1 Å². The lowest BCUT2D eigenvalue weighted by atomic mass is 9.93. The van der Waals surface area contributed by atoms with Crippen LogP contribution in [-0.4, -0.2) is 101 Å². The molecule has 0 bridgehead atoms.